The van der Waals surface area contributed by atoms with Crippen molar-refractivity contribution in [2.75, 3.05) is 6.54 Å². The van der Waals surface area contributed by atoms with Gasteiger partial charge in [-0.1, -0.05) is 24.4 Å². The summed E-state index contributed by atoms with van der Waals surface area (Å²) in [4.78, 5) is 0. The second-order valence-corrected chi connectivity index (χ2v) is 5.21. The van der Waals surface area contributed by atoms with Crippen molar-refractivity contribution in [2.45, 2.75) is 51.2 Å². The summed E-state index contributed by atoms with van der Waals surface area (Å²) in [5, 5.41) is 13.8. The molecule has 1 fully saturated rings. The monoisotopic (exact) mass is 281 g/mol. The Morgan fingerprint density at radius 3 is 2.42 bits per heavy atom. The fourth-order valence-corrected chi connectivity index (χ4v) is 2.56. The topological polar surface area (TPSA) is 70.6 Å². The molecule has 19 heavy (non-hydrogen) atoms. The van der Waals surface area contributed by atoms with Crippen LogP contribution in [0.25, 0.3) is 0 Å². The molecule has 0 bridgehead atoms. The summed E-state index contributed by atoms with van der Waals surface area (Å²) in [6, 6.07) is 0.0108. The van der Waals surface area contributed by atoms with E-state index in [0.717, 1.165) is 25.7 Å². The molecule has 7 heteroatoms. The van der Waals surface area contributed by atoms with Crippen LogP contribution in [-0.4, -0.2) is 29.8 Å². The molecule has 1 aliphatic carbocycles. The van der Waals surface area contributed by atoms with E-state index < -0.39 is 17.9 Å². The van der Waals surface area contributed by atoms with Gasteiger partial charge in [0.1, 0.15) is 5.92 Å². The van der Waals surface area contributed by atoms with Crippen molar-refractivity contribution in [3.63, 3.8) is 0 Å². The van der Waals surface area contributed by atoms with Crippen molar-refractivity contribution in [1.82, 2.24) is 5.32 Å². The molecule has 0 spiro atoms. The lowest BCUT2D eigenvalue weighted by Crippen LogP contribution is -2.46. The van der Waals surface area contributed by atoms with Crippen molar-refractivity contribution >= 4 is 5.84 Å². The van der Waals surface area contributed by atoms with Crippen molar-refractivity contribution in [2.24, 2.45) is 22.7 Å². The first-order valence-electron chi connectivity index (χ1n) is 6.63. The van der Waals surface area contributed by atoms with Crippen LogP contribution in [-0.2, 0) is 0 Å². The van der Waals surface area contributed by atoms with Crippen LogP contribution in [0.2, 0.25) is 0 Å². The first-order chi connectivity index (χ1) is 8.86. The largest absolute Gasteiger partial charge is 0.409 e. The number of nitrogens with zero attached hydrogens (tertiary/aromatic N) is 1. The van der Waals surface area contributed by atoms with Crippen molar-refractivity contribution in [3.05, 3.63) is 0 Å². The van der Waals surface area contributed by atoms with Crippen LogP contribution < -0.4 is 11.1 Å². The van der Waals surface area contributed by atoms with Gasteiger partial charge in [-0.05, 0) is 25.7 Å². The molecule has 1 aliphatic rings. The van der Waals surface area contributed by atoms with Crippen LogP contribution >= 0.6 is 0 Å². The SMILES string of the molecule is C[C@@H](NCC(C(N)=NO)C(F)(F)F)C1CCCCC1. The number of oxime groups is 1. The minimum Gasteiger partial charge on any atom is -0.409 e. The van der Waals surface area contributed by atoms with E-state index in [1.54, 1.807) is 0 Å². The Morgan fingerprint density at radius 2 is 1.95 bits per heavy atom. The molecule has 0 aromatic heterocycles. The number of rotatable bonds is 5. The molecule has 0 aliphatic heterocycles. The van der Waals surface area contributed by atoms with E-state index in [0.29, 0.717) is 5.92 Å². The highest BCUT2D eigenvalue weighted by Gasteiger charge is 2.42. The van der Waals surface area contributed by atoms with Crippen LogP contribution in [0.1, 0.15) is 39.0 Å². The number of amidine groups is 1. The molecule has 0 saturated heterocycles. The maximum Gasteiger partial charge on any atom is 0.400 e. The number of hydrogen-bond donors (Lipinski definition) is 3. The highest BCUT2D eigenvalue weighted by atomic mass is 19.4. The summed E-state index contributed by atoms with van der Waals surface area (Å²) in [6.07, 6.45) is 1.08. The van der Waals surface area contributed by atoms with Crippen molar-refractivity contribution in [1.29, 1.82) is 0 Å². The molecular formula is C12H22F3N3O. The summed E-state index contributed by atoms with van der Waals surface area (Å²) in [5.41, 5.74) is 5.11. The molecule has 0 amide bonds. The first-order valence-corrected chi connectivity index (χ1v) is 6.63. The summed E-state index contributed by atoms with van der Waals surface area (Å²) < 4.78 is 38.2. The molecule has 1 saturated carbocycles. The molecule has 1 unspecified atom stereocenters. The van der Waals surface area contributed by atoms with Crippen molar-refractivity contribution < 1.29 is 18.4 Å². The van der Waals surface area contributed by atoms with Gasteiger partial charge in [0.05, 0.1) is 0 Å². The predicted octanol–water partition coefficient (Wildman–Crippen LogP) is 2.47. The third kappa shape index (κ3) is 4.89. The lowest BCUT2D eigenvalue weighted by Gasteiger charge is -2.30. The third-order valence-electron chi connectivity index (χ3n) is 3.87. The van der Waals surface area contributed by atoms with Crippen LogP contribution in [0.3, 0.4) is 0 Å². The Kier molecular flexibility index (Phi) is 5.90. The fraction of sp³-hybridized carbons (Fsp3) is 0.917. The zero-order chi connectivity index (χ0) is 14.5. The highest BCUT2D eigenvalue weighted by Crippen LogP contribution is 2.28. The maximum absolute atomic E-state index is 12.7. The molecule has 4 nitrogen and oxygen atoms in total. The summed E-state index contributed by atoms with van der Waals surface area (Å²) in [7, 11) is 0. The second-order valence-electron chi connectivity index (χ2n) is 5.21. The minimum atomic E-state index is -4.50. The van der Waals surface area contributed by atoms with E-state index in [9.17, 15) is 13.2 Å². The van der Waals surface area contributed by atoms with Gasteiger partial charge in [-0.25, -0.2) is 0 Å². The number of hydrogen-bond acceptors (Lipinski definition) is 3. The normalized spacial score (nSPS) is 22.2. The van der Waals surface area contributed by atoms with Crippen LogP contribution in [0.4, 0.5) is 13.2 Å². The first kappa shape index (κ1) is 16.1. The molecule has 0 radical (unpaired) electrons. The molecule has 0 aromatic rings. The standard InChI is InChI=1S/C12H22F3N3O/c1-8(9-5-3-2-4-6-9)17-7-10(11(16)18-19)12(13,14)15/h8-10,17,19H,2-7H2,1H3,(H2,16,18)/t8-,10?/m1/s1. The van der Waals surface area contributed by atoms with Gasteiger partial charge in [0, 0.05) is 12.6 Å². The molecule has 4 N–H and O–H groups in total. The van der Waals surface area contributed by atoms with E-state index in [2.05, 4.69) is 10.5 Å². The number of alkyl halides is 3. The van der Waals surface area contributed by atoms with Gasteiger partial charge in [0.2, 0.25) is 0 Å². The third-order valence-corrected chi connectivity index (χ3v) is 3.87. The molecule has 2 atom stereocenters. The van der Waals surface area contributed by atoms with Gasteiger partial charge in [0.15, 0.2) is 5.84 Å². The number of nitrogens with one attached hydrogen (secondary N) is 1. The predicted molar refractivity (Wildman–Crippen MR) is 67.0 cm³/mol. The number of halogens is 3. The Balaban J connectivity index is 2.51. The van der Waals surface area contributed by atoms with E-state index in [1.165, 1.54) is 6.42 Å². The van der Waals surface area contributed by atoms with Gasteiger partial charge in [-0.2, -0.15) is 13.2 Å². The fourth-order valence-electron chi connectivity index (χ4n) is 2.56. The maximum atomic E-state index is 12.7. The molecule has 1 rings (SSSR count). The Labute approximate surface area is 111 Å². The zero-order valence-electron chi connectivity index (χ0n) is 11.1. The second kappa shape index (κ2) is 6.98. The molecule has 0 heterocycles. The van der Waals surface area contributed by atoms with Gasteiger partial charge < -0.3 is 16.3 Å². The lowest BCUT2D eigenvalue weighted by molar-refractivity contribution is -0.155. The van der Waals surface area contributed by atoms with E-state index >= 15 is 0 Å². The smallest absolute Gasteiger partial charge is 0.400 e. The summed E-state index contributed by atoms with van der Waals surface area (Å²) in [6.45, 7) is 1.55. The minimum absolute atomic E-state index is 0.0108. The van der Waals surface area contributed by atoms with Crippen LogP contribution in [0.5, 0.6) is 0 Å². The van der Waals surface area contributed by atoms with Gasteiger partial charge in [0.25, 0.3) is 0 Å². The van der Waals surface area contributed by atoms with E-state index in [1.807, 2.05) is 6.92 Å². The summed E-state index contributed by atoms with van der Waals surface area (Å²) in [5.74, 6) is -2.32. The lowest BCUT2D eigenvalue weighted by atomic mass is 9.84. The van der Waals surface area contributed by atoms with Crippen LogP contribution in [0.15, 0.2) is 5.16 Å². The van der Waals surface area contributed by atoms with Gasteiger partial charge in [-0.3, -0.25) is 0 Å². The van der Waals surface area contributed by atoms with Gasteiger partial charge in [-0.15, -0.1) is 0 Å². The Morgan fingerprint density at radius 1 is 1.37 bits per heavy atom. The molecule has 112 valence electrons. The quantitative estimate of drug-likeness (QED) is 0.314. The van der Waals surface area contributed by atoms with Gasteiger partial charge >= 0.3 is 6.18 Å². The molecule has 0 aromatic carbocycles. The Bertz CT molecular complexity index is 301. The van der Waals surface area contributed by atoms with Crippen molar-refractivity contribution in [3.8, 4) is 0 Å². The average molecular weight is 281 g/mol. The van der Waals surface area contributed by atoms with Crippen LogP contribution in [0, 0.1) is 11.8 Å². The molecular weight excluding hydrogens is 259 g/mol. The Hall–Kier alpha value is -0.980. The highest BCUT2D eigenvalue weighted by molar-refractivity contribution is 5.83. The van der Waals surface area contributed by atoms with E-state index in [4.69, 9.17) is 10.9 Å². The summed E-state index contributed by atoms with van der Waals surface area (Å²) >= 11 is 0. The average Bonchev–Trinajstić information content (AvgIpc) is 2.37. The number of nitrogens with two attached hydrogens (primary N) is 1. The van der Waals surface area contributed by atoms with E-state index in [-0.39, 0.29) is 12.6 Å². The zero-order valence-corrected chi connectivity index (χ0v) is 11.1.